The van der Waals surface area contributed by atoms with E-state index >= 15 is 0 Å². The van der Waals surface area contributed by atoms with Gasteiger partial charge in [0.25, 0.3) is 5.56 Å². The Kier molecular flexibility index (Phi) is 7.28. The van der Waals surface area contributed by atoms with Crippen LogP contribution in [0.25, 0.3) is 10.9 Å². The van der Waals surface area contributed by atoms with E-state index in [-0.39, 0.29) is 21.8 Å². The number of anilines is 1. The lowest BCUT2D eigenvalue weighted by molar-refractivity contribution is 0.175. The molecule has 4 aromatic rings. The fourth-order valence-corrected chi connectivity index (χ4v) is 7.65. The molecule has 0 amide bonds. The maximum atomic E-state index is 13.1. The number of H-pyrrole nitrogens is 1. The average Bonchev–Trinajstić information content (AvgIpc) is 3.23. The summed E-state index contributed by atoms with van der Waals surface area (Å²) in [5, 5.41) is 9.91. The number of fused-ring (bicyclic) bond motifs is 2. The van der Waals surface area contributed by atoms with Crippen LogP contribution in [-0.4, -0.2) is 47.5 Å². The Morgan fingerprint density at radius 1 is 1.15 bits per heavy atom. The number of rotatable bonds is 5. The number of nitrogens with zero attached hydrogens (tertiary/aromatic N) is 5. The van der Waals surface area contributed by atoms with Gasteiger partial charge in [-0.2, -0.15) is 0 Å². The van der Waals surface area contributed by atoms with E-state index in [1.807, 2.05) is 20.8 Å². The third-order valence-corrected chi connectivity index (χ3v) is 10.8. The van der Waals surface area contributed by atoms with Crippen molar-refractivity contribution in [2.45, 2.75) is 60.9 Å². The number of halogens is 1. The highest BCUT2D eigenvalue weighted by Crippen LogP contribution is 2.52. The summed E-state index contributed by atoms with van der Waals surface area (Å²) in [4.78, 5) is 26.4. The molecule has 40 heavy (non-hydrogen) atoms. The van der Waals surface area contributed by atoms with Gasteiger partial charge >= 0.3 is 0 Å². The summed E-state index contributed by atoms with van der Waals surface area (Å²) in [6.07, 6.45) is 5.95. The van der Waals surface area contributed by atoms with Crippen molar-refractivity contribution in [1.29, 1.82) is 0 Å². The van der Waals surface area contributed by atoms with Crippen molar-refractivity contribution >= 4 is 51.4 Å². The molecule has 3 heterocycles. The van der Waals surface area contributed by atoms with Crippen LogP contribution in [0.4, 0.5) is 5.82 Å². The van der Waals surface area contributed by atoms with Crippen molar-refractivity contribution in [1.82, 2.24) is 29.9 Å². The smallest absolute Gasteiger partial charge is 0.260 e. The van der Waals surface area contributed by atoms with E-state index < -0.39 is 11.4 Å². The van der Waals surface area contributed by atoms with E-state index in [1.165, 1.54) is 29.2 Å². The second kappa shape index (κ2) is 10.6. The summed E-state index contributed by atoms with van der Waals surface area (Å²) in [6, 6.07) is 12.1. The van der Waals surface area contributed by atoms with Gasteiger partial charge in [-0.3, -0.25) is 4.79 Å². The fraction of sp³-hybridized carbons (Fsp3) is 0.393. The van der Waals surface area contributed by atoms with Gasteiger partial charge in [-0.25, -0.2) is 9.97 Å². The van der Waals surface area contributed by atoms with Crippen LogP contribution >= 0.6 is 23.4 Å². The second-order valence-corrected chi connectivity index (χ2v) is 14.7. The summed E-state index contributed by atoms with van der Waals surface area (Å²) in [7, 11) is 0. The topological polar surface area (TPSA) is 123 Å². The monoisotopic (exact) mass is 595 g/mol. The van der Waals surface area contributed by atoms with E-state index in [0.717, 1.165) is 38.2 Å². The van der Waals surface area contributed by atoms with Crippen LogP contribution in [0.1, 0.15) is 50.8 Å². The maximum absolute atomic E-state index is 13.1. The van der Waals surface area contributed by atoms with Crippen LogP contribution in [0.3, 0.4) is 0 Å². The molecule has 2 aromatic carbocycles. The molecule has 1 fully saturated rings. The van der Waals surface area contributed by atoms with E-state index in [1.54, 1.807) is 18.3 Å². The minimum Gasteiger partial charge on any atom is -0.598 e. The predicted octanol–water partition coefficient (Wildman–Crippen LogP) is 4.85. The van der Waals surface area contributed by atoms with Crippen LogP contribution in [0, 0.1) is 5.41 Å². The Balaban J connectivity index is 1.16. The van der Waals surface area contributed by atoms with Crippen LogP contribution in [0.2, 0.25) is 5.02 Å². The molecule has 1 unspecified atom stereocenters. The van der Waals surface area contributed by atoms with Crippen molar-refractivity contribution in [3.05, 3.63) is 75.4 Å². The van der Waals surface area contributed by atoms with Crippen molar-refractivity contribution < 1.29 is 4.55 Å². The van der Waals surface area contributed by atoms with Crippen molar-refractivity contribution in [3.63, 3.8) is 0 Å². The Hall–Kier alpha value is -2.70. The Morgan fingerprint density at radius 2 is 1.93 bits per heavy atom. The number of hydrogen-bond acceptors (Lipinski definition) is 9. The first-order valence-electron chi connectivity index (χ1n) is 13.2. The van der Waals surface area contributed by atoms with Gasteiger partial charge in [-0.1, -0.05) is 35.9 Å². The Bertz CT molecular complexity index is 1600. The Labute approximate surface area is 244 Å². The van der Waals surface area contributed by atoms with Gasteiger partial charge in [0, 0.05) is 34.8 Å². The molecule has 0 bridgehead atoms. The van der Waals surface area contributed by atoms with Gasteiger partial charge in [-0.05, 0) is 75.1 Å². The summed E-state index contributed by atoms with van der Waals surface area (Å²) < 4.78 is 16.3. The first-order chi connectivity index (χ1) is 19.1. The third kappa shape index (κ3) is 5.09. The lowest BCUT2D eigenvalue weighted by Gasteiger charge is -2.44. The molecule has 6 rings (SSSR count). The molecule has 2 N–H and O–H groups in total. The number of aromatic nitrogens is 5. The van der Waals surface area contributed by atoms with Crippen molar-refractivity contribution in [3.8, 4) is 0 Å². The third-order valence-electron chi connectivity index (χ3n) is 7.83. The van der Waals surface area contributed by atoms with Crippen molar-refractivity contribution in [2.24, 2.45) is 5.41 Å². The molecule has 0 saturated carbocycles. The summed E-state index contributed by atoms with van der Waals surface area (Å²) in [5.74, 6) is 0.725. The normalized spacial score (nSPS) is 19.2. The first kappa shape index (κ1) is 27.5. The number of aromatic amines is 1. The zero-order valence-corrected chi connectivity index (χ0v) is 24.9. The van der Waals surface area contributed by atoms with Crippen LogP contribution in [0.5, 0.6) is 0 Å². The summed E-state index contributed by atoms with van der Waals surface area (Å²) in [6.45, 7) is 7.63. The molecular formula is C28H30ClN7O2S2. The van der Waals surface area contributed by atoms with Gasteiger partial charge in [0.15, 0.2) is 5.82 Å². The highest BCUT2D eigenvalue weighted by Gasteiger charge is 2.50. The van der Waals surface area contributed by atoms with Gasteiger partial charge in [0.05, 0.1) is 34.5 Å². The molecule has 208 valence electrons. The zero-order valence-electron chi connectivity index (χ0n) is 22.5. The highest BCUT2D eigenvalue weighted by molar-refractivity contribution is 7.99. The van der Waals surface area contributed by atoms with Gasteiger partial charge in [-0.15, -0.1) is 14.9 Å². The van der Waals surface area contributed by atoms with E-state index in [4.69, 9.17) is 11.6 Å². The minimum atomic E-state index is -1.17. The largest absolute Gasteiger partial charge is 0.598 e. The lowest BCUT2D eigenvalue weighted by atomic mass is 9.73. The number of hydrogen-bond donors (Lipinski definition) is 2. The maximum Gasteiger partial charge on any atom is 0.260 e. The molecule has 2 atom stereocenters. The summed E-state index contributed by atoms with van der Waals surface area (Å²) in [5.41, 5.74) is 2.84. The molecule has 2 aliphatic rings. The summed E-state index contributed by atoms with van der Waals surface area (Å²) >= 11 is 6.61. The SMILES string of the molecule is CC(C)(C)[S+]([O-])N[C@@H]1c2ccccc2CC12CCN(c1cnc(Sc3ccc4nc[nH]c(=O)c4c3Cl)nn1)CC2. The average molecular weight is 596 g/mol. The van der Waals surface area contributed by atoms with E-state index in [0.29, 0.717) is 26.0 Å². The molecule has 1 aliphatic carbocycles. The second-order valence-electron chi connectivity index (χ2n) is 11.4. The zero-order chi connectivity index (χ0) is 28.1. The quantitative estimate of drug-likeness (QED) is 0.312. The molecule has 9 nitrogen and oxygen atoms in total. The Morgan fingerprint density at radius 3 is 2.65 bits per heavy atom. The number of benzene rings is 2. The molecule has 12 heteroatoms. The standard InChI is InChI=1S/C28H30ClN7O2S2/c1-27(2,3)40(38)35-24-18-7-5-4-6-17(18)14-28(24)10-12-36(13-11-28)21-15-30-26(34-33-21)39-20-9-8-19-22(23(20)29)25(37)32-16-31-19/h4-9,15-16,24,35H,10-14H2,1-3H3,(H,31,32,37)/t24-,40?/m1/s1. The van der Waals surface area contributed by atoms with Crippen LogP contribution in [-0.2, 0) is 17.8 Å². The first-order valence-corrected chi connectivity index (χ1v) is 15.5. The molecule has 1 aliphatic heterocycles. The van der Waals surface area contributed by atoms with Gasteiger partial charge in [0.1, 0.15) is 4.75 Å². The van der Waals surface area contributed by atoms with Crippen molar-refractivity contribution in [2.75, 3.05) is 18.0 Å². The molecule has 1 saturated heterocycles. The van der Waals surface area contributed by atoms with Gasteiger partial charge < -0.3 is 14.4 Å². The predicted molar refractivity (Wildman–Crippen MR) is 159 cm³/mol. The highest BCUT2D eigenvalue weighted by atomic mass is 35.5. The number of piperidine rings is 1. The minimum absolute atomic E-state index is 0.00270. The molecule has 1 spiro atoms. The molecule has 2 aromatic heterocycles. The fourth-order valence-electron chi connectivity index (χ4n) is 5.64. The lowest BCUT2D eigenvalue weighted by Crippen LogP contribution is -2.49. The van der Waals surface area contributed by atoms with E-state index in [2.05, 4.69) is 59.0 Å². The number of nitrogens with one attached hydrogen (secondary N) is 2. The van der Waals surface area contributed by atoms with Gasteiger partial charge in [0.2, 0.25) is 5.16 Å². The molecular weight excluding hydrogens is 566 g/mol. The molecule has 0 radical (unpaired) electrons. The van der Waals surface area contributed by atoms with Crippen LogP contribution in [0.15, 0.2) is 63.8 Å². The van der Waals surface area contributed by atoms with Crippen LogP contribution < -0.4 is 15.2 Å². The van der Waals surface area contributed by atoms with E-state index in [9.17, 15) is 9.35 Å².